The first-order valence-electron chi connectivity index (χ1n) is 29.5. The van der Waals surface area contributed by atoms with E-state index >= 15 is 0 Å². The lowest BCUT2D eigenvalue weighted by molar-refractivity contribution is 0.575. The number of hydrazine groups is 4. The van der Waals surface area contributed by atoms with Crippen LogP contribution in [0, 0.1) is 76.2 Å². The fraction of sp³-hybridized carbons (Fsp3) is 0.538. The van der Waals surface area contributed by atoms with Crippen LogP contribution in [0.15, 0.2) is 54.6 Å². The van der Waals surface area contributed by atoms with Gasteiger partial charge in [-0.1, -0.05) is 30.3 Å². The summed E-state index contributed by atoms with van der Waals surface area (Å²) in [7, 11) is 0. The molecule has 0 amide bonds. The maximum Gasteiger partial charge on any atom is 0.0913 e. The molecule has 0 radical (unpaired) electrons. The molecule has 402 valence electrons. The van der Waals surface area contributed by atoms with Crippen LogP contribution in [-0.2, 0) is 0 Å². The average Bonchev–Trinajstić information content (AvgIpc) is 3.95. The molecular weight excluding hydrogens is 921 g/mol. The molecule has 5 aliphatic rings. The monoisotopic (exact) mass is 1010 g/mol. The lowest BCUT2D eigenvalue weighted by atomic mass is 9.99. The standard InChI is InChI=1S/C65H92N10/c1-45-26-29-56(68-36-24-25-37-68)52(8)61(45)66-73(60-44-59(48(4)42-49(60)5)70-34-18-13-19-35-70)75(58-31-28-46(2)63(54(58)10)71-38-20-14-21-39-71)74(65-47(3)27-30-57(53(65)9)69-32-16-12-17-33-69)67-62-50(6)43-51(7)64(55(62)11)72-40-22-15-23-41-72/h26-31,42-44,66-67H,12-25,32-41H2,1-11H3. The molecule has 10 rings (SSSR count). The van der Waals surface area contributed by atoms with Crippen molar-refractivity contribution in [2.24, 2.45) is 0 Å². The number of piperidine rings is 4. The Morgan fingerprint density at radius 1 is 0.307 bits per heavy atom. The van der Waals surface area contributed by atoms with Crippen molar-refractivity contribution in [3.63, 3.8) is 0 Å². The zero-order valence-electron chi connectivity index (χ0n) is 48.2. The normalized spacial score (nSPS) is 17.5. The fourth-order valence-corrected chi connectivity index (χ4v) is 14.0. The Hall–Kier alpha value is -5.90. The Balaban J connectivity index is 1.29. The van der Waals surface area contributed by atoms with Gasteiger partial charge < -0.3 is 24.5 Å². The van der Waals surface area contributed by atoms with Gasteiger partial charge in [0.25, 0.3) is 0 Å². The number of anilines is 10. The van der Waals surface area contributed by atoms with Gasteiger partial charge in [0.05, 0.1) is 28.4 Å². The molecule has 0 spiro atoms. The SMILES string of the molecule is Cc1cc(C)c(N(Nc2c(C)ccc(N3CCCC3)c2C)N(c2ccc(C)c(N3CCCCC3)c2C)N(Nc2c(C)cc(C)c(N3CCCCC3)c2C)c2c(C)ccc(N3CCCCC3)c2C)cc1N1CCCCC1. The zero-order valence-corrected chi connectivity index (χ0v) is 48.2. The van der Waals surface area contributed by atoms with Crippen LogP contribution in [0.25, 0.3) is 0 Å². The second-order valence-corrected chi connectivity index (χ2v) is 23.5. The minimum Gasteiger partial charge on any atom is -0.371 e. The van der Waals surface area contributed by atoms with Gasteiger partial charge in [-0.3, -0.25) is 10.9 Å². The number of aryl methyl sites for hydroxylation is 7. The van der Waals surface area contributed by atoms with E-state index in [2.05, 4.69) is 181 Å². The minimum absolute atomic E-state index is 1.07. The minimum atomic E-state index is 1.07. The first kappa shape index (κ1) is 52.5. The predicted molar refractivity (Wildman–Crippen MR) is 325 cm³/mol. The van der Waals surface area contributed by atoms with Crippen LogP contribution in [0.4, 0.5) is 56.9 Å². The molecule has 5 aliphatic heterocycles. The summed E-state index contributed by atoms with van der Waals surface area (Å²) in [5.41, 5.74) is 35.4. The molecule has 0 unspecified atom stereocenters. The number of hydrogen-bond donors (Lipinski definition) is 2. The highest BCUT2D eigenvalue weighted by atomic mass is 16.0. The highest BCUT2D eigenvalue weighted by Gasteiger charge is 2.35. The first-order chi connectivity index (χ1) is 36.3. The van der Waals surface area contributed by atoms with E-state index in [1.165, 1.54) is 185 Å². The molecule has 0 aromatic heterocycles. The van der Waals surface area contributed by atoms with Crippen LogP contribution in [0.1, 0.15) is 151 Å². The number of rotatable bonds is 14. The van der Waals surface area contributed by atoms with Crippen molar-refractivity contribution in [2.45, 2.75) is 166 Å². The van der Waals surface area contributed by atoms with Crippen molar-refractivity contribution in [3.05, 3.63) is 116 Å². The molecule has 2 N–H and O–H groups in total. The third kappa shape index (κ3) is 10.5. The molecule has 10 heteroatoms. The van der Waals surface area contributed by atoms with Gasteiger partial charge in [0.15, 0.2) is 0 Å². The molecule has 5 fully saturated rings. The number of nitrogens with one attached hydrogen (secondary N) is 2. The summed E-state index contributed by atoms with van der Waals surface area (Å²) >= 11 is 0. The van der Waals surface area contributed by atoms with Crippen LogP contribution in [0.3, 0.4) is 0 Å². The lowest BCUT2D eigenvalue weighted by Crippen LogP contribution is -2.60. The van der Waals surface area contributed by atoms with E-state index in [9.17, 15) is 0 Å². The smallest absolute Gasteiger partial charge is 0.0913 e. The van der Waals surface area contributed by atoms with Crippen LogP contribution in [0.2, 0.25) is 0 Å². The van der Waals surface area contributed by atoms with Crippen molar-refractivity contribution in [2.75, 3.05) is 116 Å². The molecule has 10 nitrogen and oxygen atoms in total. The summed E-state index contributed by atoms with van der Waals surface area (Å²) in [5.74, 6) is 0. The Labute approximate surface area is 452 Å². The number of nitrogens with zero attached hydrogens (tertiary/aromatic N) is 8. The number of benzene rings is 5. The molecule has 0 bridgehead atoms. The van der Waals surface area contributed by atoms with Gasteiger partial charge in [0.1, 0.15) is 0 Å². The van der Waals surface area contributed by atoms with Crippen molar-refractivity contribution in [1.29, 1.82) is 0 Å². The van der Waals surface area contributed by atoms with Gasteiger partial charge in [-0.05, 0) is 240 Å². The molecule has 5 heterocycles. The molecule has 5 aromatic carbocycles. The molecular formula is C65H92N10. The zero-order chi connectivity index (χ0) is 52.5. The van der Waals surface area contributed by atoms with Gasteiger partial charge in [-0.15, -0.1) is 0 Å². The largest absolute Gasteiger partial charge is 0.371 e. The quantitative estimate of drug-likeness (QED) is 0.105. The van der Waals surface area contributed by atoms with E-state index in [0.29, 0.717) is 0 Å². The Kier molecular flexibility index (Phi) is 15.9. The Bertz CT molecular complexity index is 2820. The highest BCUT2D eigenvalue weighted by molar-refractivity contribution is 5.85. The van der Waals surface area contributed by atoms with Crippen molar-refractivity contribution >= 4 is 56.9 Å². The topological polar surface area (TPSA) is 50.0 Å². The third-order valence-corrected chi connectivity index (χ3v) is 18.0. The Morgan fingerprint density at radius 3 is 1.29 bits per heavy atom. The fourth-order valence-electron chi connectivity index (χ4n) is 14.0. The predicted octanol–water partition coefficient (Wildman–Crippen LogP) is 15.3. The third-order valence-electron chi connectivity index (χ3n) is 18.0. The van der Waals surface area contributed by atoms with Gasteiger partial charge in [0.2, 0.25) is 0 Å². The summed E-state index contributed by atoms with van der Waals surface area (Å²) in [6.07, 6.45) is 17.4. The van der Waals surface area contributed by atoms with Crippen LogP contribution in [0.5, 0.6) is 0 Å². The molecule has 5 saturated heterocycles. The van der Waals surface area contributed by atoms with Crippen LogP contribution in [-0.4, -0.2) is 65.4 Å². The summed E-state index contributed by atoms with van der Waals surface area (Å²) in [4.78, 5) is 13.3. The van der Waals surface area contributed by atoms with E-state index in [1.54, 1.807) is 0 Å². The van der Waals surface area contributed by atoms with E-state index in [-0.39, 0.29) is 0 Å². The summed E-state index contributed by atoms with van der Waals surface area (Å²) in [6.45, 7) is 36.6. The van der Waals surface area contributed by atoms with Gasteiger partial charge >= 0.3 is 0 Å². The molecule has 75 heavy (non-hydrogen) atoms. The van der Waals surface area contributed by atoms with Crippen molar-refractivity contribution in [3.8, 4) is 0 Å². The molecule has 5 aromatic rings. The average molecular weight is 1010 g/mol. The highest BCUT2D eigenvalue weighted by Crippen LogP contribution is 2.45. The number of hydrogen-bond acceptors (Lipinski definition) is 10. The van der Waals surface area contributed by atoms with E-state index < -0.39 is 0 Å². The second kappa shape index (κ2) is 22.7. The molecule has 0 aliphatic carbocycles. The van der Waals surface area contributed by atoms with E-state index in [4.69, 9.17) is 0 Å². The Morgan fingerprint density at radius 2 is 0.733 bits per heavy atom. The van der Waals surface area contributed by atoms with E-state index in [1.807, 2.05) is 0 Å². The second-order valence-electron chi connectivity index (χ2n) is 23.5. The maximum absolute atomic E-state index is 4.42. The van der Waals surface area contributed by atoms with Crippen molar-refractivity contribution < 1.29 is 0 Å². The summed E-state index contributed by atoms with van der Waals surface area (Å²) in [5, 5.41) is 7.49. The summed E-state index contributed by atoms with van der Waals surface area (Å²) in [6, 6.07) is 21.8. The van der Waals surface area contributed by atoms with Crippen molar-refractivity contribution in [1.82, 2.24) is 0 Å². The van der Waals surface area contributed by atoms with Crippen LogP contribution < -0.4 is 50.7 Å². The van der Waals surface area contributed by atoms with Gasteiger partial charge in [0, 0.05) is 105 Å². The first-order valence-corrected chi connectivity index (χ1v) is 29.5. The van der Waals surface area contributed by atoms with Gasteiger partial charge in [-0.25, -0.2) is 0 Å². The maximum atomic E-state index is 4.42. The van der Waals surface area contributed by atoms with E-state index in [0.717, 1.165) is 88.2 Å². The van der Waals surface area contributed by atoms with Gasteiger partial charge in [-0.2, -0.15) is 15.4 Å². The lowest BCUT2D eigenvalue weighted by Gasteiger charge is -2.48. The molecule has 0 atom stereocenters. The molecule has 0 saturated carbocycles. The van der Waals surface area contributed by atoms with Crippen LogP contribution >= 0.6 is 0 Å². The summed E-state index contributed by atoms with van der Waals surface area (Å²) < 4.78 is 0.